The molecule has 0 bridgehead atoms. The highest BCUT2D eigenvalue weighted by Crippen LogP contribution is 2.21. The molecule has 1 fully saturated rings. The molecule has 0 amide bonds. The van der Waals surface area contributed by atoms with Gasteiger partial charge in [0.1, 0.15) is 10.4 Å². The molecular weight excluding hydrogens is 244 g/mol. The minimum atomic E-state index is -0.774. The molecule has 1 saturated heterocycles. The van der Waals surface area contributed by atoms with Gasteiger partial charge < -0.3 is 10.0 Å². The van der Waals surface area contributed by atoms with E-state index in [0.717, 1.165) is 23.7 Å². The van der Waals surface area contributed by atoms with Gasteiger partial charge in [0, 0.05) is 6.54 Å². The SMILES string of the molecule is CCCCN1CN(C(C)C(=O)O)CSC1=S. The van der Waals surface area contributed by atoms with Crippen molar-refractivity contribution in [2.45, 2.75) is 32.7 Å². The number of carboxylic acid groups (broad SMARTS) is 1. The number of thioether (sulfide) groups is 1. The summed E-state index contributed by atoms with van der Waals surface area (Å²) in [5, 5.41) is 8.96. The van der Waals surface area contributed by atoms with Crippen LogP contribution in [0, 0.1) is 0 Å². The average Bonchev–Trinajstić information content (AvgIpc) is 2.27. The van der Waals surface area contributed by atoms with Crippen LogP contribution in [0.5, 0.6) is 0 Å². The first-order valence-electron chi connectivity index (χ1n) is 5.44. The maximum Gasteiger partial charge on any atom is 0.320 e. The molecule has 92 valence electrons. The smallest absolute Gasteiger partial charge is 0.320 e. The minimum Gasteiger partial charge on any atom is -0.480 e. The first-order valence-corrected chi connectivity index (χ1v) is 6.84. The molecule has 0 aromatic carbocycles. The number of carbonyl (C=O) groups is 1. The van der Waals surface area contributed by atoms with Gasteiger partial charge in [-0.2, -0.15) is 0 Å². The van der Waals surface area contributed by atoms with Gasteiger partial charge in [-0.25, -0.2) is 0 Å². The molecular formula is C10H18N2O2S2. The Hall–Kier alpha value is -0.330. The van der Waals surface area contributed by atoms with Gasteiger partial charge in [-0.3, -0.25) is 9.69 Å². The van der Waals surface area contributed by atoms with E-state index in [1.54, 1.807) is 18.7 Å². The van der Waals surface area contributed by atoms with Crippen molar-refractivity contribution in [2.24, 2.45) is 0 Å². The highest BCUT2D eigenvalue weighted by atomic mass is 32.2. The summed E-state index contributed by atoms with van der Waals surface area (Å²) in [6.07, 6.45) is 2.22. The fourth-order valence-corrected chi connectivity index (χ4v) is 2.67. The van der Waals surface area contributed by atoms with Crippen LogP contribution in [-0.2, 0) is 4.79 Å². The molecule has 1 aliphatic heterocycles. The molecule has 1 heterocycles. The Morgan fingerprint density at radius 2 is 2.38 bits per heavy atom. The molecule has 1 unspecified atom stereocenters. The molecule has 0 radical (unpaired) electrons. The number of unbranched alkanes of at least 4 members (excludes halogenated alkanes) is 1. The number of hydrogen-bond donors (Lipinski definition) is 1. The first kappa shape index (κ1) is 13.7. The third kappa shape index (κ3) is 3.61. The Kier molecular flexibility index (Phi) is 5.51. The van der Waals surface area contributed by atoms with Crippen LogP contribution in [0.15, 0.2) is 0 Å². The van der Waals surface area contributed by atoms with E-state index >= 15 is 0 Å². The van der Waals surface area contributed by atoms with Gasteiger partial charge in [0.15, 0.2) is 0 Å². The summed E-state index contributed by atoms with van der Waals surface area (Å²) in [6, 6.07) is -0.445. The van der Waals surface area contributed by atoms with Crippen molar-refractivity contribution in [2.75, 3.05) is 19.1 Å². The highest BCUT2D eigenvalue weighted by molar-refractivity contribution is 8.22. The lowest BCUT2D eigenvalue weighted by Crippen LogP contribution is -2.50. The zero-order valence-electron chi connectivity index (χ0n) is 9.68. The van der Waals surface area contributed by atoms with Crippen molar-refractivity contribution in [1.82, 2.24) is 9.80 Å². The van der Waals surface area contributed by atoms with Gasteiger partial charge in [0.2, 0.25) is 0 Å². The van der Waals surface area contributed by atoms with E-state index in [9.17, 15) is 4.79 Å². The zero-order valence-corrected chi connectivity index (χ0v) is 11.3. The molecule has 0 aliphatic carbocycles. The lowest BCUT2D eigenvalue weighted by molar-refractivity contribution is -0.142. The van der Waals surface area contributed by atoms with Crippen LogP contribution in [0.2, 0.25) is 0 Å². The molecule has 0 spiro atoms. The van der Waals surface area contributed by atoms with E-state index in [1.807, 2.05) is 4.90 Å². The van der Waals surface area contributed by atoms with Crippen LogP contribution in [0.3, 0.4) is 0 Å². The van der Waals surface area contributed by atoms with E-state index in [-0.39, 0.29) is 0 Å². The largest absolute Gasteiger partial charge is 0.480 e. The number of nitrogens with zero attached hydrogens (tertiary/aromatic N) is 2. The Morgan fingerprint density at radius 3 is 2.94 bits per heavy atom. The van der Waals surface area contributed by atoms with Crippen molar-refractivity contribution in [3.05, 3.63) is 0 Å². The molecule has 0 saturated carbocycles. The van der Waals surface area contributed by atoms with E-state index in [2.05, 4.69) is 11.8 Å². The molecule has 16 heavy (non-hydrogen) atoms. The molecule has 1 rings (SSSR count). The summed E-state index contributed by atoms with van der Waals surface area (Å²) >= 11 is 6.81. The normalized spacial score (nSPS) is 19.9. The van der Waals surface area contributed by atoms with Gasteiger partial charge in [-0.1, -0.05) is 37.3 Å². The lowest BCUT2D eigenvalue weighted by atomic mass is 10.3. The summed E-state index contributed by atoms with van der Waals surface area (Å²) in [5.41, 5.74) is 0. The van der Waals surface area contributed by atoms with Gasteiger partial charge in [0.05, 0.1) is 12.5 Å². The Balaban J connectivity index is 2.52. The maximum absolute atomic E-state index is 10.9. The molecule has 1 atom stereocenters. The van der Waals surface area contributed by atoms with Crippen LogP contribution in [0.25, 0.3) is 0 Å². The summed E-state index contributed by atoms with van der Waals surface area (Å²) in [7, 11) is 0. The van der Waals surface area contributed by atoms with Crippen molar-refractivity contribution < 1.29 is 9.90 Å². The molecule has 4 nitrogen and oxygen atoms in total. The second-order valence-electron chi connectivity index (χ2n) is 3.90. The van der Waals surface area contributed by atoms with Crippen LogP contribution < -0.4 is 0 Å². The Bertz CT molecular complexity index is 274. The fraction of sp³-hybridized carbons (Fsp3) is 0.800. The Labute approximate surface area is 106 Å². The van der Waals surface area contributed by atoms with Gasteiger partial charge >= 0.3 is 5.97 Å². The third-order valence-corrected chi connectivity index (χ3v) is 4.23. The predicted octanol–water partition coefficient (Wildman–Crippen LogP) is 1.81. The number of rotatable bonds is 5. The van der Waals surface area contributed by atoms with Crippen molar-refractivity contribution in [1.29, 1.82) is 0 Å². The third-order valence-electron chi connectivity index (χ3n) is 2.65. The van der Waals surface area contributed by atoms with Crippen LogP contribution in [0.4, 0.5) is 0 Å². The van der Waals surface area contributed by atoms with Gasteiger partial charge in [0.25, 0.3) is 0 Å². The summed E-state index contributed by atoms with van der Waals surface area (Å²) in [5.74, 6) is -0.0987. The topological polar surface area (TPSA) is 43.8 Å². The molecule has 0 aromatic rings. The highest BCUT2D eigenvalue weighted by Gasteiger charge is 2.27. The average molecular weight is 262 g/mol. The summed E-state index contributed by atoms with van der Waals surface area (Å²) in [6.45, 7) is 5.41. The number of thiocarbonyl (C=S) groups is 1. The first-order chi connectivity index (χ1) is 7.56. The maximum atomic E-state index is 10.9. The molecule has 6 heteroatoms. The van der Waals surface area contributed by atoms with Crippen molar-refractivity contribution in [3.63, 3.8) is 0 Å². The zero-order chi connectivity index (χ0) is 12.1. The number of hydrogen-bond acceptors (Lipinski definition) is 4. The minimum absolute atomic E-state index is 0.445. The standard InChI is InChI=1S/C10H18N2O2S2/c1-3-4-5-11-6-12(7-16-10(11)15)8(2)9(13)14/h8H,3-7H2,1-2H3,(H,13,14). The van der Waals surface area contributed by atoms with Gasteiger partial charge in [-0.15, -0.1) is 0 Å². The molecule has 1 N–H and O–H groups in total. The molecule has 1 aliphatic rings. The second kappa shape index (κ2) is 6.42. The van der Waals surface area contributed by atoms with Crippen LogP contribution in [-0.4, -0.2) is 50.3 Å². The van der Waals surface area contributed by atoms with E-state index in [4.69, 9.17) is 17.3 Å². The van der Waals surface area contributed by atoms with E-state index < -0.39 is 12.0 Å². The fourth-order valence-electron chi connectivity index (χ4n) is 1.45. The number of carboxylic acids is 1. The molecule has 0 aromatic heterocycles. The van der Waals surface area contributed by atoms with Gasteiger partial charge in [-0.05, 0) is 13.3 Å². The van der Waals surface area contributed by atoms with Crippen LogP contribution in [0.1, 0.15) is 26.7 Å². The summed E-state index contributed by atoms with van der Waals surface area (Å²) in [4.78, 5) is 14.9. The van der Waals surface area contributed by atoms with E-state index in [0.29, 0.717) is 12.5 Å². The number of aliphatic carboxylic acids is 1. The van der Waals surface area contributed by atoms with Crippen LogP contribution >= 0.6 is 24.0 Å². The van der Waals surface area contributed by atoms with E-state index in [1.165, 1.54) is 0 Å². The predicted molar refractivity (Wildman–Crippen MR) is 70.5 cm³/mol. The monoisotopic (exact) mass is 262 g/mol. The lowest BCUT2D eigenvalue weighted by Gasteiger charge is -2.38. The summed E-state index contributed by atoms with van der Waals surface area (Å²) < 4.78 is 0.891. The quantitative estimate of drug-likeness (QED) is 0.762. The Morgan fingerprint density at radius 1 is 1.69 bits per heavy atom. The second-order valence-corrected chi connectivity index (χ2v) is 5.48. The van der Waals surface area contributed by atoms with Crippen molar-refractivity contribution in [3.8, 4) is 0 Å². The van der Waals surface area contributed by atoms with Crippen molar-refractivity contribution >= 4 is 34.3 Å².